The molecule has 0 spiro atoms. The SMILES string of the molecule is [Cl][Al]1[O]c2c(cc3ccccc3c2-c2c(-c3ccccc3)ccc3ccccc23)C=N[C@H]2CCCC[C@@H]2NCc2cc3ccccc3c(-c3c(-c4ccccc4)ccc4ccccc34)c2[O]1. The lowest BCUT2D eigenvalue weighted by molar-refractivity contribution is 0.328. The molecular weight excluding hydrogens is 843 g/mol. The molecule has 10 aromatic carbocycles. The van der Waals surface area contributed by atoms with Gasteiger partial charge in [0, 0.05) is 52.2 Å². The van der Waals surface area contributed by atoms with Crippen LogP contribution in [0, 0.1) is 0 Å². The van der Waals surface area contributed by atoms with Crippen molar-refractivity contribution in [3.8, 4) is 56.0 Å². The van der Waals surface area contributed by atoms with Crippen molar-refractivity contribution in [1.29, 1.82) is 0 Å². The summed E-state index contributed by atoms with van der Waals surface area (Å²) in [5, 5.41) is 13.0. The van der Waals surface area contributed by atoms with E-state index in [0.717, 1.165) is 130 Å². The summed E-state index contributed by atoms with van der Waals surface area (Å²) < 4.78 is 14.9. The fourth-order valence-electron chi connectivity index (χ4n) is 10.7. The van der Waals surface area contributed by atoms with E-state index in [2.05, 4.69) is 206 Å². The van der Waals surface area contributed by atoms with E-state index in [1.807, 2.05) is 0 Å². The van der Waals surface area contributed by atoms with Crippen molar-refractivity contribution in [2.24, 2.45) is 4.99 Å². The molecule has 1 fully saturated rings. The van der Waals surface area contributed by atoms with Gasteiger partial charge in [-0.05, 0) is 90.3 Å². The van der Waals surface area contributed by atoms with Crippen molar-refractivity contribution < 1.29 is 7.58 Å². The average Bonchev–Trinajstić information content (AvgIpc) is 3.38. The maximum absolute atomic E-state index is 7.83. The monoisotopic (exact) mass is 888 g/mol. The van der Waals surface area contributed by atoms with Crippen LogP contribution in [0.3, 0.4) is 0 Å². The first-order valence-electron chi connectivity index (χ1n) is 23.2. The molecule has 0 bridgehead atoms. The van der Waals surface area contributed by atoms with Gasteiger partial charge in [-0.15, -0.1) is 0 Å². The highest BCUT2D eigenvalue weighted by atomic mass is 35.6. The number of hydrogen-bond donors (Lipinski definition) is 1. The van der Waals surface area contributed by atoms with E-state index in [-0.39, 0.29) is 12.1 Å². The highest BCUT2D eigenvalue weighted by molar-refractivity contribution is 7.00. The number of aliphatic imine (C=N–C) groups is 1. The third kappa shape index (κ3) is 7.43. The molecule has 2 aliphatic rings. The Balaban J connectivity index is 1.14. The van der Waals surface area contributed by atoms with Crippen LogP contribution in [0.1, 0.15) is 36.8 Å². The largest absolute Gasteiger partial charge is 0.999 e. The van der Waals surface area contributed by atoms with E-state index in [0.29, 0.717) is 12.3 Å². The fourth-order valence-corrected chi connectivity index (χ4v) is 12.2. The maximum Gasteiger partial charge on any atom is 0.999 e. The summed E-state index contributed by atoms with van der Waals surface area (Å²) in [5.74, 6) is 1.45. The summed E-state index contributed by atoms with van der Waals surface area (Å²) in [6.45, 7) is 0.589. The van der Waals surface area contributed by atoms with E-state index in [1.54, 1.807) is 0 Å². The molecule has 66 heavy (non-hydrogen) atoms. The second kappa shape index (κ2) is 17.6. The van der Waals surface area contributed by atoms with Crippen LogP contribution in [0.15, 0.2) is 199 Å². The summed E-state index contributed by atoms with van der Waals surface area (Å²) in [4.78, 5) is 5.48. The van der Waals surface area contributed by atoms with E-state index >= 15 is 0 Å². The first-order chi connectivity index (χ1) is 32.7. The third-order valence-electron chi connectivity index (χ3n) is 13.7. The smallest absolute Gasteiger partial charge is 0.599 e. The van der Waals surface area contributed by atoms with Gasteiger partial charge in [-0.1, -0.05) is 195 Å². The molecule has 0 radical (unpaired) electrons. The first kappa shape index (κ1) is 40.8. The number of hydrogen-bond acceptors (Lipinski definition) is 4. The van der Waals surface area contributed by atoms with Gasteiger partial charge < -0.3 is 12.9 Å². The van der Waals surface area contributed by atoms with Crippen molar-refractivity contribution in [3.63, 3.8) is 0 Å². The molecule has 0 saturated heterocycles. The molecule has 318 valence electrons. The minimum absolute atomic E-state index is 0.0794. The standard InChI is InChI=1S/C60H48N2O2.Al.ClH/c63-59-45(35-43-23-9-13-27-49(43)57(59)55-47-25-11-7-21-41(47)31-33-51(55)39-17-3-1-4-18-39)37-61-53-29-15-16-30-54(53)62-38-46-36-44-24-10-14-28-50(44)58(60(46)64)56-48-26-12-8-22-42(48)32-34-52(56)40-19-5-2-6-20-40;;/h1-14,17-28,31-37,53-54,62-64H,15-16,29-30,38H2;;1H/q;+3;/p-3/t53-,54-;;/m0../s1. The van der Waals surface area contributed by atoms with Gasteiger partial charge in [0.05, 0.1) is 11.8 Å². The number of fused-ring (bicyclic) bond motifs is 7. The van der Waals surface area contributed by atoms with Gasteiger partial charge in [0.2, 0.25) is 0 Å². The van der Waals surface area contributed by atoms with Gasteiger partial charge in [-0.2, -0.15) is 10.0 Å². The summed E-state index contributed by atoms with van der Waals surface area (Å²) in [6.07, 6.45) is 6.39. The Bertz CT molecular complexity index is 3480. The Labute approximate surface area is 394 Å². The zero-order valence-electron chi connectivity index (χ0n) is 36.5. The highest BCUT2D eigenvalue weighted by Crippen LogP contribution is 2.50. The van der Waals surface area contributed by atoms with Crippen LogP contribution < -0.4 is 12.9 Å². The van der Waals surface area contributed by atoms with Crippen molar-refractivity contribution >= 4 is 73.2 Å². The van der Waals surface area contributed by atoms with Gasteiger partial charge in [0.1, 0.15) is 5.75 Å². The molecule has 0 amide bonds. The van der Waals surface area contributed by atoms with Crippen LogP contribution in [0.2, 0.25) is 0 Å². The minimum Gasteiger partial charge on any atom is -0.599 e. The van der Waals surface area contributed by atoms with Gasteiger partial charge in [0.15, 0.2) is 0 Å². The number of nitrogens with one attached hydrogen (secondary N) is 1. The average molecular weight is 889 g/mol. The molecule has 12 rings (SSSR count). The van der Waals surface area contributed by atoms with Crippen LogP contribution in [0.25, 0.3) is 87.6 Å². The van der Waals surface area contributed by atoms with Crippen LogP contribution in [-0.2, 0) is 6.54 Å². The van der Waals surface area contributed by atoms with Crippen LogP contribution in [0.4, 0.5) is 0 Å². The molecule has 0 unspecified atom stereocenters. The van der Waals surface area contributed by atoms with Crippen molar-refractivity contribution in [2.75, 3.05) is 0 Å². The number of rotatable bonds is 4. The fraction of sp³-hybridized carbons (Fsp3) is 0.117. The Morgan fingerprint density at radius 3 is 1.53 bits per heavy atom. The minimum atomic E-state index is -3.16. The number of halogens is 1. The summed E-state index contributed by atoms with van der Waals surface area (Å²) >= 11 is -3.16. The zero-order valence-corrected chi connectivity index (χ0v) is 38.4. The second-order valence-electron chi connectivity index (χ2n) is 17.6. The predicted octanol–water partition coefficient (Wildman–Crippen LogP) is 15.5. The van der Waals surface area contributed by atoms with Gasteiger partial charge in [0.25, 0.3) is 0 Å². The van der Waals surface area contributed by atoms with Gasteiger partial charge in [-0.25, -0.2) is 0 Å². The molecule has 4 nitrogen and oxygen atoms in total. The van der Waals surface area contributed by atoms with Crippen LogP contribution >= 0.6 is 10.0 Å². The van der Waals surface area contributed by atoms with Crippen molar-refractivity contribution in [3.05, 3.63) is 205 Å². The molecule has 2 atom stereocenters. The molecule has 1 heterocycles. The Hall–Kier alpha value is -6.71. The quantitative estimate of drug-likeness (QED) is 0.179. The second-order valence-corrected chi connectivity index (χ2v) is 19.7. The molecule has 0 aromatic heterocycles. The third-order valence-corrected chi connectivity index (χ3v) is 15.1. The summed E-state index contributed by atoms with van der Waals surface area (Å²) in [5.41, 5.74) is 10.7. The Morgan fingerprint density at radius 1 is 0.470 bits per heavy atom. The summed E-state index contributed by atoms with van der Waals surface area (Å²) in [6, 6.07) is 69.8. The van der Waals surface area contributed by atoms with Crippen molar-refractivity contribution in [1.82, 2.24) is 5.32 Å². The lowest BCUT2D eigenvalue weighted by Crippen LogP contribution is -2.41. The maximum atomic E-state index is 7.83. The van der Waals surface area contributed by atoms with E-state index in [9.17, 15) is 0 Å². The Kier molecular flexibility index (Phi) is 10.9. The predicted molar refractivity (Wildman–Crippen MR) is 278 cm³/mol. The van der Waals surface area contributed by atoms with E-state index in [1.165, 1.54) is 0 Å². The molecule has 1 aliphatic carbocycles. The summed E-state index contributed by atoms with van der Waals surface area (Å²) in [7, 11) is 7.83. The van der Waals surface area contributed by atoms with Gasteiger partial charge in [-0.3, -0.25) is 4.99 Å². The van der Waals surface area contributed by atoms with Crippen molar-refractivity contribution in [2.45, 2.75) is 44.3 Å². The molecule has 6 heteroatoms. The van der Waals surface area contributed by atoms with E-state index < -0.39 is 13.9 Å². The highest BCUT2D eigenvalue weighted by Gasteiger charge is 2.37. The molecular formula is C60H46AlClN2O2. The van der Waals surface area contributed by atoms with Crippen LogP contribution in [0.5, 0.6) is 11.5 Å². The topological polar surface area (TPSA) is 42.8 Å². The lowest BCUT2D eigenvalue weighted by atomic mass is 9.85. The molecule has 1 saturated carbocycles. The van der Waals surface area contributed by atoms with E-state index in [4.69, 9.17) is 22.6 Å². The zero-order chi connectivity index (χ0) is 44.0. The molecule has 10 aromatic rings. The molecule has 1 N–H and O–H groups in total. The number of benzene rings is 10. The van der Waals surface area contributed by atoms with Crippen LogP contribution in [-0.4, -0.2) is 32.2 Å². The number of nitrogens with zero attached hydrogens (tertiary/aromatic N) is 1. The first-order valence-corrected chi connectivity index (χ1v) is 25.8. The normalized spacial score (nSPS) is 16.3. The Morgan fingerprint density at radius 2 is 0.939 bits per heavy atom. The lowest BCUT2D eigenvalue weighted by Gasteiger charge is -2.30. The molecule has 1 aliphatic heterocycles. The van der Waals surface area contributed by atoms with Gasteiger partial charge >= 0.3 is 13.9 Å².